The van der Waals surface area contributed by atoms with Crippen LogP contribution in [0.2, 0.25) is 0 Å². The molecule has 1 fully saturated rings. The summed E-state index contributed by atoms with van der Waals surface area (Å²) in [4.78, 5) is 32.0. The quantitative estimate of drug-likeness (QED) is 0.131. The summed E-state index contributed by atoms with van der Waals surface area (Å²) in [6.07, 6.45) is 14.6. The van der Waals surface area contributed by atoms with Crippen molar-refractivity contribution < 1.29 is 4.79 Å². The zero-order valence-corrected chi connectivity index (χ0v) is 28.5. The van der Waals surface area contributed by atoms with Crippen LogP contribution >= 0.6 is 0 Å². The molecule has 7 heteroatoms. The van der Waals surface area contributed by atoms with Gasteiger partial charge in [-0.2, -0.15) is 0 Å². The molecule has 5 aromatic rings. The molecule has 1 aliphatic heterocycles. The normalized spacial score (nSPS) is 13.9. The van der Waals surface area contributed by atoms with Gasteiger partial charge in [0.1, 0.15) is 11.3 Å². The minimum atomic E-state index is 0.0446. The third kappa shape index (κ3) is 8.15. The van der Waals surface area contributed by atoms with Crippen LogP contribution in [-0.4, -0.2) is 67.9 Å². The van der Waals surface area contributed by atoms with Crippen LogP contribution in [0.5, 0.6) is 0 Å². The summed E-state index contributed by atoms with van der Waals surface area (Å²) in [6, 6.07) is 24.9. The van der Waals surface area contributed by atoms with Gasteiger partial charge in [-0.3, -0.25) is 14.7 Å². The van der Waals surface area contributed by atoms with Crippen LogP contribution in [-0.2, 0) is 6.54 Å². The van der Waals surface area contributed by atoms with Gasteiger partial charge in [-0.25, -0.2) is 9.97 Å². The van der Waals surface area contributed by atoms with Crippen molar-refractivity contribution in [3.05, 3.63) is 137 Å². The van der Waals surface area contributed by atoms with Crippen molar-refractivity contribution in [2.75, 3.05) is 32.7 Å². The number of rotatable bonds is 13. The van der Waals surface area contributed by atoms with Crippen molar-refractivity contribution >= 4 is 28.6 Å². The number of aryl methyl sites for hydroxylation is 2. The summed E-state index contributed by atoms with van der Waals surface area (Å²) in [6.45, 7) is 11.5. The second-order valence-corrected chi connectivity index (χ2v) is 12.8. The van der Waals surface area contributed by atoms with Crippen molar-refractivity contribution in [3.63, 3.8) is 0 Å². The van der Waals surface area contributed by atoms with E-state index in [0.29, 0.717) is 25.2 Å². The average Bonchev–Trinajstić information content (AvgIpc) is 3.75. The second kappa shape index (κ2) is 15.8. The van der Waals surface area contributed by atoms with Gasteiger partial charge in [0.15, 0.2) is 0 Å². The van der Waals surface area contributed by atoms with Crippen LogP contribution in [0.15, 0.2) is 97.3 Å². The molecule has 7 nitrogen and oxygen atoms in total. The number of pyridine rings is 2. The number of hydrogen-bond acceptors (Lipinski definition) is 5. The Kier molecular flexibility index (Phi) is 10.9. The van der Waals surface area contributed by atoms with E-state index in [1.807, 2.05) is 54.3 Å². The van der Waals surface area contributed by atoms with Crippen LogP contribution in [0.1, 0.15) is 76.9 Å². The molecule has 3 aromatic heterocycles. The largest absolute Gasteiger partial charge is 0.335 e. The maximum absolute atomic E-state index is 13.7. The lowest BCUT2D eigenvalue weighted by molar-refractivity contribution is 0.0772. The lowest BCUT2D eigenvalue weighted by Gasteiger charge is -2.21. The molecule has 0 radical (unpaired) electrons. The molecule has 0 aliphatic carbocycles. The summed E-state index contributed by atoms with van der Waals surface area (Å²) >= 11 is 0. The maximum Gasteiger partial charge on any atom is 0.254 e. The van der Waals surface area contributed by atoms with Gasteiger partial charge in [0, 0.05) is 43.5 Å². The van der Waals surface area contributed by atoms with Crippen molar-refractivity contribution in [2.45, 2.75) is 53.0 Å². The number of imidazole rings is 1. The molecule has 0 unspecified atom stereocenters. The number of fused-ring (bicyclic) bond motifs is 1. The Balaban J connectivity index is 1.15. The van der Waals surface area contributed by atoms with Gasteiger partial charge in [0.25, 0.3) is 5.91 Å². The fourth-order valence-electron chi connectivity index (χ4n) is 6.33. The summed E-state index contributed by atoms with van der Waals surface area (Å²) in [5.74, 6) is 0.989. The van der Waals surface area contributed by atoms with E-state index >= 15 is 0 Å². The number of hydrogen-bond donors (Lipinski definition) is 0. The molecule has 0 atom stereocenters. The molecule has 0 saturated carbocycles. The smallest absolute Gasteiger partial charge is 0.254 e. The van der Waals surface area contributed by atoms with Gasteiger partial charge in [-0.05, 0) is 93.7 Å². The van der Waals surface area contributed by atoms with Gasteiger partial charge >= 0.3 is 0 Å². The van der Waals surface area contributed by atoms with Crippen LogP contribution in [0.4, 0.5) is 0 Å². The summed E-state index contributed by atoms with van der Waals surface area (Å²) < 4.78 is 2.18. The fraction of sp³-hybridized carbons (Fsp3) is 0.317. The van der Waals surface area contributed by atoms with E-state index in [-0.39, 0.29) is 5.91 Å². The average molecular weight is 639 g/mol. The van der Waals surface area contributed by atoms with E-state index in [9.17, 15) is 4.79 Å². The first-order chi connectivity index (χ1) is 23.5. The molecule has 0 spiro atoms. The number of unbranched alkanes of at least 4 members (excludes halogenated alkanes) is 1. The van der Waals surface area contributed by atoms with Crippen molar-refractivity contribution in [2.24, 2.45) is 0 Å². The summed E-state index contributed by atoms with van der Waals surface area (Å²) in [5, 5.41) is 0. The minimum absolute atomic E-state index is 0.0446. The third-order valence-corrected chi connectivity index (χ3v) is 9.13. The number of likely N-dealkylation sites (tertiary alicyclic amines) is 1. The van der Waals surface area contributed by atoms with Crippen LogP contribution in [0.3, 0.4) is 0 Å². The zero-order valence-electron chi connectivity index (χ0n) is 28.5. The van der Waals surface area contributed by atoms with E-state index in [2.05, 4.69) is 81.8 Å². The number of amides is 1. The van der Waals surface area contributed by atoms with E-state index in [1.165, 1.54) is 24.0 Å². The number of carbonyl (C=O) groups is 1. The molecular formula is C41H46N6O. The lowest BCUT2D eigenvalue weighted by atomic mass is 10.00. The molecule has 246 valence electrons. The van der Waals surface area contributed by atoms with Crippen LogP contribution in [0, 0.1) is 13.8 Å². The molecule has 2 aromatic carbocycles. The van der Waals surface area contributed by atoms with Gasteiger partial charge in [0.05, 0.1) is 23.1 Å². The molecule has 4 heterocycles. The van der Waals surface area contributed by atoms with Crippen molar-refractivity contribution in [3.8, 4) is 0 Å². The second-order valence-electron chi connectivity index (χ2n) is 12.8. The highest BCUT2D eigenvalue weighted by atomic mass is 16.2. The SMILES string of the molecule is CCCCN(C/C=C/c1cccc(/C(=C/CN2CCCC2)c2ccc(C)cc2)n1)C(=O)c1ccc(Cn2c(C)nc3cnccc32)cc1. The number of benzene rings is 2. The fourth-order valence-corrected chi connectivity index (χ4v) is 6.33. The Morgan fingerprint density at radius 3 is 2.46 bits per heavy atom. The predicted octanol–water partition coefficient (Wildman–Crippen LogP) is 7.97. The first kappa shape index (κ1) is 33.0. The number of aromatic nitrogens is 4. The standard InChI is InChI=1S/C41H46N6O/c1-4-5-26-46(41(48)35-19-15-33(16-20-35)30-47-32(3)43-39-29-42-23-21-40(39)47)27-9-11-36-10-8-12-38(44-36)37(22-28-45-24-6-7-25-45)34-17-13-31(2)14-18-34/h8-23,29H,4-7,24-28,30H2,1-3H3/b11-9+,37-22+. The number of nitrogens with zero attached hydrogens (tertiary/aromatic N) is 6. The van der Waals surface area contributed by atoms with Gasteiger partial charge < -0.3 is 9.47 Å². The highest BCUT2D eigenvalue weighted by Crippen LogP contribution is 2.24. The summed E-state index contributed by atoms with van der Waals surface area (Å²) in [5.41, 5.74) is 9.22. The molecule has 1 aliphatic rings. The molecule has 48 heavy (non-hydrogen) atoms. The van der Waals surface area contributed by atoms with Gasteiger partial charge in [-0.15, -0.1) is 0 Å². The lowest BCUT2D eigenvalue weighted by Crippen LogP contribution is -2.32. The van der Waals surface area contributed by atoms with E-state index in [1.54, 1.807) is 12.4 Å². The molecule has 0 N–H and O–H groups in total. The Bertz CT molecular complexity index is 1880. The van der Waals surface area contributed by atoms with Gasteiger partial charge in [0.2, 0.25) is 0 Å². The summed E-state index contributed by atoms with van der Waals surface area (Å²) in [7, 11) is 0. The molecular weight excluding hydrogens is 592 g/mol. The van der Waals surface area contributed by atoms with Crippen molar-refractivity contribution in [1.82, 2.24) is 29.3 Å². The highest BCUT2D eigenvalue weighted by Gasteiger charge is 2.16. The zero-order chi connectivity index (χ0) is 33.3. The topological polar surface area (TPSA) is 67.2 Å². The number of carbonyl (C=O) groups excluding carboxylic acids is 1. The van der Waals surface area contributed by atoms with E-state index < -0.39 is 0 Å². The van der Waals surface area contributed by atoms with Crippen LogP contribution < -0.4 is 0 Å². The Hall–Kier alpha value is -4.88. The molecule has 1 saturated heterocycles. The Morgan fingerprint density at radius 2 is 1.69 bits per heavy atom. The van der Waals surface area contributed by atoms with Crippen molar-refractivity contribution in [1.29, 1.82) is 0 Å². The van der Waals surface area contributed by atoms with Crippen LogP contribution in [0.25, 0.3) is 22.7 Å². The first-order valence-corrected chi connectivity index (χ1v) is 17.3. The first-order valence-electron chi connectivity index (χ1n) is 17.3. The van der Waals surface area contributed by atoms with Gasteiger partial charge in [-0.1, -0.05) is 73.5 Å². The molecule has 0 bridgehead atoms. The van der Waals surface area contributed by atoms with E-state index in [0.717, 1.165) is 71.9 Å². The highest BCUT2D eigenvalue weighted by molar-refractivity contribution is 5.94. The minimum Gasteiger partial charge on any atom is -0.335 e. The molecule has 6 rings (SSSR count). The Labute approximate surface area is 284 Å². The van der Waals surface area contributed by atoms with E-state index in [4.69, 9.17) is 4.98 Å². The predicted molar refractivity (Wildman–Crippen MR) is 196 cm³/mol. The maximum atomic E-state index is 13.7. The molecule has 1 amide bonds. The Morgan fingerprint density at radius 1 is 0.917 bits per heavy atom. The third-order valence-electron chi connectivity index (χ3n) is 9.13. The monoisotopic (exact) mass is 638 g/mol.